The van der Waals surface area contributed by atoms with Crippen LogP contribution in [0.5, 0.6) is 0 Å². The summed E-state index contributed by atoms with van der Waals surface area (Å²) in [4.78, 5) is 10.6. The number of rotatable bonds is 6. The summed E-state index contributed by atoms with van der Waals surface area (Å²) >= 11 is 0. The summed E-state index contributed by atoms with van der Waals surface area (Å²) in [5.74, 6) is 0. The molecule has 0 aliphatic carbocycles. The molecule has 0 aliphatic heterocycles. The molecule has 9 heteroatoms. The predicted molar refractivity (Wildman–Crippen MR) is 92.3 cm³/mol. The molecule has 0 spiro atoms. The molecule has 0 aromatic heterocycles. The standard InChI is InChI=1S/C15H16N2O5S2/c1-23(20)13-6-3-11(4-7-13)10-16-12-5-8-14(17(18)19)15(9-12)24(2,21)22/h3-9,16H,10H2,1-2H3. The van der Waals surface area contributed by atoms with Gasteiger partial charge in [-0.25, -0.2) is 8.42 Å². The van der Waals surface area contributed by atoms with Gasteiger partial charge in [0.05, 0.1) is 4.92 Å². The second-order valence-corrected chi connectivity index (χ2v) is 8.53. The molecule has 1 N–H and O–H groups in total. The van der Waals surface area contributed by atoms with Gasteiger partial charge in [-0.3, -0.25) is 14.3 Å². The van der Waals surface area contributed by atoms with Crippen LogP contribution in [0.4, 0.5) is 11.4 Å². The Morgan fingerprint density at radius 3 is 2.29 bits per heavy atom. The highest BCUT2D eigenvalue weighted by atomic mass is 32.2. The first-order valence-corrected chi connectivity index (χ1v) is 10.3. The molecular formula is C15H16N2O5S2. The van der Waals surface area contributed by atoms with Gasteiger partial charge in [-0.05, 0) is 29.8 Å². The normalized spacial score (nSPS) is 12.6. The van der Waals surface area contributed by atoms with Crippen molar-refractivity contribution in [2.75, 3.05) is 17.8 Å². The first-order valence-electron chi connectivity index (χ1n) is 6.83. The topological polar surface area (TPSA) is 106 Å². The van der Waals surface area contributed by atoms with E-state index in [9.17, 15) is 22.7 Å². The molecule has 0 amide bonds. The van der Waals surface area contributed by atoms with Crippen molar-refractivity contribution in [1.29, 1.82) is 0 Å². The third kappa shape index (κ3) is 4.39. The minimum atomic E-state index is -3.71. The molecule has 0 aliphatic rings. The van der Waals surface area contributed by atoms with Crippen LogP contribution in [0.25, 0.3) is 0 Å². The zero-order valence-electron chi connectivity index (χ0n) is 13.1. The Morgan fingerprint density at radius 2 is 1.79 bits per heavy atom. The molecule has 1 atom stereocenters. The average molecular weight is 368 g/mol. The van der Waals surface area contributed by atoms with E-state index in [-0.39, 0.29) is 4.90 Å². The summed E-state index contributed by atoms with van der Waals surface area (Å²) < 4.78 is 34.8. The lowest BCUT2D eigenvalue weighted by Crippen LogP contribution is -2.05. The second-order valence-electron chi connectivity index (χ2n) is 5.16. The number of nitro benzene ring substituents is 1. The fourth-order valence-electron chi connectivity index (χ4n) is 2.07. The summed E-state index contributed by atoms with van der Waals surface area (Å²) in [5, 5.41) is 14.0. The van der Waals surface area contributed by atoms with E-state index < -0.39 is 31.2 Å². The molecule has 24 heavy (non-hydrogen) atoms. The Hall–Kier alpha value is -2.26. The SMILES string of the molecule is CS(=O)c1ccc(CNc2ccc([N+](=O)[O-])c(S(C)(=O)=O)c2)cc1. The van der Waals surface area contributed by atoms with Gasteiger partial charge >= 0.3 is 0 Å². The van der Waals surface area contributed by atoms with Crippen LogP contribution in [0.3, 0.4) is 0 Å². The van der Waals surface area contributed by atoms with E-state index in [1.165, 1.54) is 18.2 Å². The Morgan fingerprint density at radius 1 is 1.17 bits per heavy atom. The van der Waals surface area contributed by atoms with E-state index in [4.69, 9.17) is 0 Å². The molecule has 2 aromatic rings. The van der Waals surface area contributed by atoms with E-state index >= 15 is 0 Å². The first-order chi connectivity index (χ1) is 11.2. The Balaban J connectivity index is 2.21. The van der Waals surface area contributed by atoms with Gasteiger partial charge in [0.1, 0.15) is 4.90 Å². The average Bonchev–Trinajstić information content (AvgIpc) is 2.52. The maximum atomic E-state index is 11.7. The van der Waals surface area contributed by atoms with Crippen molar-refractivity contribution < 1.29 is 17.6 Å². The maximum Gasteiger partial charge on any atom is 0.288 e. The molecule has 0 fully saturated rings. The number of hydrogen-bond donors (Lipinski definition) is 1. The Labute approximate surface area is 142 Å². The van der Waals surface area contributed by atoms with Crippen molar-refractivity contribution in [3.63, 3.8) is 0 Å². The van der Waals surface area contributed by atoms with Gasteiger partial charge in [0.2, 0.25) is 0 Å². The molecular weight excluding hydrogens is 352 g/mol. The zero-order valence-corrected chi connectivity index (χ0v) is 14.7. The molecule has 7 nitrogen and oxygen atoms in total. The lowest BCUT2D eigenvalue weighted by molar-refractivity contribution is -0.387. The largest absolute Gasteiger partial charge is 0.381 e. The maximum absolute atomic E-state index is 11.7. The van der Waals surface area contributed by atoms with Gasteiger partial charge in [-0.15, -0.1) is 0 Å². The van der Waals surface area contributed by atoms with Gasteiger partial charge < -0.3 is 5.32 Å². The van der Waals surface area contributed by atoms with Crippen molar-refractivity contribution in [1.82, 2.24) is 0 Å². The van der Waals surface area contributed by atoms with Crippen LogP contribution >= 0.6 is 0 Å². The third-order valence-electron chi connectivity index (χ3n) is 3.31. The highest BCUT2D eigenvalue weighted by Gasteiger charge is 2.22. The summed E-state index contributed by atoms with van der Waals surface area (Å²) in [7, 11) is -4.76. The van der Waals surface area contributed by atoms with Crippen LogP contribution in [0, 0.1) is 10.1 Å². The number of nitrogens with one attached hydrogen (secondary N) is 1. The number of hydrogen-bond acceptors (Lipinski definition) is 6. The molecule has 0 radical (unpaired) electrons. The van der Waals surface area contributed by atoms with Crippen LogP contribution in [0.1, 0.15) is 5.56 Å². The van der Waals surface area contributed by atoms with E-state index in [2.05, 4.69) is 5.32 Å². The van der Waals surface area contributed by atoms with Gasteiger partial charge in [0, 0.05) is 46.5 Å². The number of anilines is 1. The third-order valence-corrected chi connectivity index (χ3v) is 5.37. The fraction of sp³-hybridized carbons (Fsp3) is 0.200. The summed E-state index contributed by atoms with van der Waals surface area (Å²) in [5.41, 5.74) is 0.922. The molecule has 2 rings (SSSR count). The van der Waals surface area contributed by atoms with Crippen LogP contribution in [-0.2, 0) is 27.2 Å². The Kier molecular flexibility index (Phi) is 5.35. The van der Waals surface area contributed by atoms with Gasteiger partial charge in [0.25, 0.3) is 5.69 Å². The zero-order chi connectivity index (χ0) is 17.9. The highest BCUT2D eigenvalue weighted by Crippen LogP contribution is 2.27. The van der Waals surface area contributed by atoms with Crippen molar-refractivity contribution in [3.8, 4) is 0 Å². The predicted octanol–water partition coefficient (Wildman–Crippen LogP) is 2.35. The fourth-order valence-corrected chi connectivity index (χ4v) is 3.46. The lowest BCUT2D eigenvalue weighted by Gasteiger charge is -2.09. The molecule has 0 saturated heterocycles. The molecule has 2 aromatic carbocycles. The van der Waals surface area contributed by atoms with Crippen LogP contribution < -0.4 is 5.32 Å². The lowest BCUT2D eigenvalue weighted by atomic mass is 10.2. The summed E-state index contributed by atoms with van der Waals surface area (Å²) in [6, 6.07) is 11.0. The van der Waals surface area contributed by atoms with Crippen LogP contribution in [-0.4, -0.2) is 30.1 Å². The van der Waals surface area contributed by atoms with E-state index in [1.54, 1.807) is 18.4 Å². The van der Waals surface area contributed by atoms with E-state index in [1.807, 2.05) is 12.1 Å². The minimum Gasteiger partial charge on any atom is -0.381 e. The summed E-state index contributed by atoms with van der Waals surface area (Å²) in [6.45, 7) is 0.400. The number of benzene rings is 2. The Bertz CT molecular complexity index is 893. The van der Waals surface area contributed by atoms with Crippen LogP contribution in [0.15, 0.2) is 52.3 Å². The molecule has 0 saturated carbocycles. The van der Waals surface area contributed by atoms with Crippen molar-refractivity contribution in [3.05, 3.63) is 58.1 Å². The quantitative estimate of drug-likeness (QED) is 0.619. The number of sulfone groups is 1. The van der Waals surface area contributed by atoms with E-state index in [0.29, 0.717) is 17.1 Å². The number of nitro groups is 1. The van der Waals surface area contributed by atoms with Crippen molar-refractivity contribution in [2.45, 2.75) is 16.3 Å². The molecule has 128 valence electrons. The van der Waals surface area contributed by atoms with E-state index in [0.717, 1.165) is 11.8 Å². The molecule has 1 unspecified atom stereocenters. The van der Waals surface area contributed by atoms with Crippen LogP contribution in [0.2, 0.25) is 0 Å². The highest BCUT2D eigenvalue weighted by molar-refractivity contribution is 7.90. The smallest absolute Gasteiger partial charge is 0.288 e. The molecule has 0 bridgehead atoms. The van der Waals surface area contributed by atoms with Gasteiger partial charge in [0.15, 0.2) is 9.84 Å². The molecule has 0 heterocycles. The monoisotopic (exact) mass is 368 g/mol. The summed E-state index contributed by atoms with van der Waals surface area (Å²) in [6.07, 6.45) is 2.53. The first kappa shape index (κ1) is 18.1. The van der Waals surface area contributed by atoms with Gasteiger partial charge in [-0.1, -0.05) is 12.1 Å². The van der Waals surface area contributed by atoms with Crippen molar-refractivity contribution in [2.24, 2.45) is 0 Å². The number of nitrogens with zero attached hydrogens (tertiary/aromatic N) is 1. The van der Waals surface area contributed by atoms with Crippen molar-refractivity contribution >= 4 is 32.0 Å². The minimum absolute atomic E-state index is 0.325. The van der Waals surface area contributed by atoms with Gasteiger partial charge in [-0.2, -0.15) is 0 Å². The second kappa shape index (κ2) is 7.10.